The van der Waals surface area contributed by atoms with Crippen molar-refractivity contribution in [2.45, 2.75) is 32.0 Å². The van der Waals surface area contributed by atoms with Crippen LogP contribution in [0.1, 0.15) is 37.6 Å². The van der Waals surface area contributed by atoms with E-state index in [2.05, 4.69) is 42.0 Å². The van der Waals surface area contributed by atoms with E-state index in [-0.39, 0.29) is 15.8 Å². The summed E-state index contributed by atoms with van der Waals surface area (Å²) in [6.45, 7) is 6.82. The molecule has 19 heavy (non-hydrogen) atoms. The average molecular weight is 351 g/mol. The van der Waals surface area contributed by atoms with Gasteiger partial charge in [-0.05, 0) is 30.0 Å². The summed E-state index contributed by atoms with van der Waals surface area (Å²) in [6, 6.07) is 3.94. The molecule has 1 unspecified atom stereocenters. The molecule has 0 fully saturated rings. The number of halogens is 3. The first kappa shape index (κ1) is 16.4. The van der Waals surface area contributed by atoms with Crippen molar-refractivity contribution in [2.24, 2.45) is 5.41 Å². The summed E-state index contributed by atoms with van der Waals surface area (Å²) in [7, 11) is 0. The summed E-state index contributed by atoms with van der Waals surface area (Å²) in [5.74, 6) is -1.01. The standard InChI is InChI=1S/C14H18BrClFNO/c1-14(2,3)7-9(15)8-18-13(19)11-6-10(16)4-5-12(11)17/h4-6,9H,7-8H2,1-3H3,(H,18,19). The van der Waals surface area contributed by atoms with Gasteiger partial charge in [0.15, 0.2) is 0 Å². The summed E-state index contributed by atoms with van der Waals surface area (Å²) in [5, 5.41) is 3.05. The molecular formula is C14H18BrClFNO. The lowest BCUT2D eigenvalue weighted by Crippen LogP contribution is -2.31. The number of benzene rings is 1. The first-order valence-electron chi connectivity index (χ1n) is 6.06. The van der Waals surface area contributed by atoms with Crippen LogP contribution < -0.4 is 5.32 Å². The smallest absolute Gasteiger partial charge is 0.254 e. The van der Waals surface area contributed by atoms with Gasteiger partial charge in [-0.25, -0.2) is 4.39 Å². The SMILES string of the molecule is CC(C)(C)CC(Br)CNC(=O)c1cc(Cl)ccc1F. The van der Waals surface area contributed by atoms with Gasteiger partial charge in [-0.3, -0.25) is 4.79 Å². The second kappa shape index (κ2) is 6.71. The molecule has 1 aromatic rings. The predicted molar refractivity (Wildman–Crippen MR) is 80.5 cm³/mol. The van der Waals surface area contributed by atoms with Crippen molar-refractivity contribution in [3.05, 3.63) is 34.6 Å². The maximum Gasteiger partial charge on any atom is 0.254 e. The number of rotatable bonds is 4. The van der Waals surface area contributed by atoms with E-state index in [4.69, 9.17) is 11.6 Å². The summed E-state index contributed by atoms with van der Waals surface area (Å²) in [6.07, 6.45) is 0.908. The molecule has 0 saturated carbocycles. The fourth-order valence-corrected chi connectivity index (χ4v) is 3.01. The Kier molecular flexibility index (Phi) is 5.81. The molecule has 0 saturated heterocycles. The van der Waals surface area contributed by atoms with E-state index in [1.807, 2.05) is 0 Å². The van der Waals surface area contributed by atoms with Gasteiger partial charge in [-0.1, -0.05) is 48.3 Å². The molecule has 1 rings (SSSR count). The Hall–Kier alpha value is -0.610. The second-order valence-corrected chi connectivity index (χ2v) is 7.43. The highest BCUT2D eigenvalue weighted by molar-refractivity contribution is 9.09. The Morgan fingerprint density at radius 3 is 2.68 bits per heavy atom. The Balaban J connectivity index is 2.58. The summed E-state index contributed by atoms with van der Waals surface area (Å²) < 4.78 is 13.5. The maximum atomic E-state index is 13.5. The third kappa shape index (κ3) is 5.91. The van der Waals surface area contributed by atoms with Crippen LogP contribution in [0.15, 0.2) is 18.2 Å². The molecule has 1 amide bonds. The van der Waals surface area contributed by atoms with Crippen LogP contribution in [-0.4, -0.2) is 17.3 Å². The van der Waals surface area contributed by atoms with Crippen molar-refractivity contribution in [2.75, 3.05) is 6.54 Å². The largest absolute Gasteiger partial charge is 0.351 e. The van der Waals surface area contributed by atoms with Gasteiger partial charge in [0.25, 0.3) is 5.91 Å². The van der Waals surface area contributed by atoms with Crippen LogP contribution in [0.3, 0.4) is 0 Å². The molecular weight excluding hydrogens is 333 g/mol. The van der Waals surface area contributed by atoms with Crippen LogP contribution in [0, 0.1) is 11.2 Å². The normalized spacial score (nSPS) is 13.2. The van der Waals surface area contributed by atoms with Crippen LogP contribution in [0.5, 0.6) is 0 Å². The summed E-state index contributed by atoms with van der Waals surface area (Å²) in [4.78, 5) is 12.0. The van der Waals surface area contributed by atoms with Gasteiger partial charge in [0, 0.05) is 16.4 Å². The molecule has 0 spiro atoms. The lowest BCUT2D eigenvalue weighted by atomic mass is 9.90. The van der Waals surface area contributed by atoms with E-state index in [9.17, 15) is 9.18 Å². The van der Waals surface area contributed by atoms with Gasteiger partial charge >= 0.3 is 0 Å². The zero-order chi connectivity index (χ0) is 14.6. The Bertz CT molecular complexity index is 459. The number of amides is 1. The van der Waals surface area contributed by atoms with E-state index in [1.54, 1.807) is 0 Å². The number of nitrogens with one attached hydrogen (secondary N) is 1. The van der Waals surface area contributed by atoms with E-state index in [0.29, 0.717) is 11.6 Å². The lowest BCUT2D eigenvalue weighted by Gasteiger charge is -2.22. The van der Waals surface area contributed by atoms with Crippen molar-refractivity contribution < 1.29 is 9.18 Å². The van der Waals surface area contributed by atoms with Gasteiger partial charge in [0.1, 0.15) is 5.82 Å². The highest BCUT2D eigenvalue weighted by Gasteiger charge is 2.18. The van der Waals surface area contributed by atoms with Gasteiger partial charge in [0.05, 0.1) is 5.56 Å². The fourth-order valence-electron chi connectivity index (χ4n) is 1.71. The monoisotopic (exact) mass is 349 g/mol. The van der Waals surface area contributed by atoms with Crippen LogP contribution in [-0.2, 0) is 0 Å². The van der Waals surface area contributed by atoms with Gasteiger partial charge < -0.3 is 5.32 Å². The Morgan fingerprint density at radius 1 is 1.47 bits per heavy atom. The van der Waals surface area contributed by atoms with Crippen LogP contribution in [0.2, 0.25) is 5.02 Å². The Morgan fingerprint density at radius 2 is 2.11 bits per heavy atom. The molecule has 1 N–H and O–H groups in total. The number of hydrogen-bond donors (Lipinski definition) is 1. The fraction of sp³-hybridized carbons (Fsp3) is 0.500. The topological polar surface area (TPSA) is 29.1 Å². The van der Waals surface area contributed by atoms with E-state index >= 15 is 0 Å². The number of hydrogen-bond acceptors (Lipinski definition) is 1. The second-order valence-electron chi connectivity index (χ2n) is 5.70. The molecule has 0 aliphatic carbocycles. The molecule has 106 valence electrons. The quantitative estimate of drug-likeness (QED) is 0.801. The van der Waals surface area contributed by atoms with E-state index in [1.165, 1.54) is 18.2 Å². The molecule has 0 bridgehead atoms. The predicted octanol–water partition coefficient (Wildman–Crippen LogP) is 4.41. The Labute approximate surface area is 126 Å². The van der Waals surface area contributed by atoms with E-state index < -0.39 is 11.7 Å². The van der Waals surface area contributed by atoms with Gasteiger partial charge in [-0.2, -0.15) is 0 Å². The molecule has 1 aromatic carbocycles. The third-order valence-electron chi connectivity index (χ3n) is 2.49. The number of alkyl halides is 1. The average Bonchev–Trinajstić information content (AvgIpc) is 2.27. The first-order valence-corrected chi connectivity index (χ1v) is 7.36. The highest BCUT2D eigenvalue weighted by Crippen LogP contribution is 2.24. The third-order valence-corrected chi connectivity index (χ3v) is 3.37. The molecule has 0 aliphatic rings. The molecule has 0 aliphatic heterocycles. The van der Waals surface area contributed by atoms with Crippen molar-refractivity contribution in [3.8, 4) is 0 Å². The number of carbonyl (C=O) groups excluding carboxylic acids is 1. The van der Waals surface area contributed by atoms with Crippen molar-refractivity contribution in [1.29, 1.82) is 0 Å². The van der Waals surface area contributed by atoms with Gasteiger partial charge in [-0.15, -0.1) is 0 Å². The molecule has 0 heterocycles. The zero-order valence-corrected chi connectivity index (χ0v) is 13.6. The molecule has 0 aromatic heterocycles. The van der Waals surface area contributed by atoms with Crippen molar-refractivity contribution >= 4 is 33.4 Å². The first-order chi connectivity index (χ1) is 8.69. The summed E-state index contributed by atoms with van der Waals surface area (Å²) >= 11 is 9.27. The minimum absolute atomic E-state index is 0.0250. The summed E-state index contributed by atoms with van der Waals surface area (Å²) in [5.41, 5.74) is 0.142. The lowest BCUT2D eigenvalue weighted by molar-refractivity contribution is 0.0948. The number of carbonyl (C=O) groups is 1. The molecule has 1 atom stereocenters. The van der Waals surface area contributed by atoms with Crippen molar-refractivity contribution in [1.82, 2.24) is 5.32 Å². The minimum atomic E-state index is -0.566. The van der Waals surface area contributed by atoms with Crippen LogP contribution in [0.4, 0.5) is 4.39 Å². The van der Waals surface area contributed by atoms with Crippen molar-refractivity contribution in [3.63, 3.8) is 0 Å². The van der Waals surface area contributed by atoms with Crippen LogP contribution >= 0.6 is 27.5 Å². The minimum Gasteiger partial charge on any atom is -0.351 e. The highest BCUT2D eigenvalue weighted by atomic mass is 79.9. The molecule has 2 nitrogen and oxygen atoms in total. The maximum absolute atomic E-state index is 13.5. The van der Waals surface area contributed by atoms with Gasteiger partial charge in [0.2, 0.25) is 0 Å². The van der Waals surface area contributed by atoms with E-state index in [0.717, 1.165) is 6.42 Å². The molecule has 5 heteroatoms. The van der Waals surface area contributed by atoms with Crippen LogP contribution in [0.25, 0.3) is 0 Å². The molecule has 0 radical (unpaired) electrons. The zero-order valence-electron chi connectivity index (χ0n) is 11.3.